The standard InChI is InChI=1S/C8H8INO2/c9-8-5(11)1-2-6-7(8)4(10)3-12-6/h1-2,4,11H,3,10H2/t4-/m1/s1. The van der Waals surface area contributed by atoms with Gasteiger partial charge in [0.1, 0.15) is 18.1 Å². The SMILES string of the molecule is N[C@@H]1COc2ccc(O)c(I)c21. The van der Waals surface area contributed by atoms with Gasteiger partial charge < -0.3 is 15.6 Å². The predicted molar refractivity (Wildman–Crippen MR) is 53.2 cm³/mol. The van der Waals surface area contributed by atoms with Gasteiger partial charge >= 0.3 is 0 Å². The van der Waals surface area contributed by atoms with Gasteiger partial charge in [0, 0.05) is 5.56 Å². The van der Waals surface area contributed by atoms with Gasteiger partial charge in [-0.25, -0.2) is 0 Å². The Morgan fingerprint density at radius 3 is 3.08 bits per heavy atom. The van der Waals surface area contributed by atoms with E-state index in [-0.39, 0.29) is 11.8 Å². The van der Waals surface area contributed by atoms with E-state index in [1.165, 1.54) is 0 Å². The second kappa shape index (κ2) is 2.77. The van der Waals surface area contributed by atoms with Crippen LogP contribution in [0.1, 0.15) is 11.6 Å². The molecule has 0 unspecified atom stereocenters. The fourth-order valence-electron chi connectivity index (χ4n) is 1.30. The van der Waals surface area contributed by atoms with E-state index >= 15 is 0 Å². The summed E-state index contributed by atoms with van der Waals surface area (Å²) in [5.41, 5.74) is 6.70. The van der Waals surface area contributed by atoms with Gasteiger partial charge in [-0.1, -0.05) is 0 Å². The lowest BCUT2D eigenvalue weighted by atomic mass is 10.1. The fourth-order valence-corrected chi connectivity index (χ4v) is 2.14. The minimum Gasteiger partial charge on any atom is -0.507 e. The molecule has 0 aromatic heterocycles. The third-order valence-corrected chi connectivity index (χ3v) is 3.04. The monoisotopic (exact) mass is 277 g/mol. The summed E-state index contributed by atoms with van der Waals surface area (Å²) in [5.74, 6) is 1.07. The molecule has 0 saturated carbocycles. The molecule has 0 amide bonds. The highest BCUT2D eigenvalue weighted by atomic mass is 127. The molecule has 0 saturated heterocycles. The Balaban J connectivity index is 2.63. The Bertz CT molecular complexity index is 327. The second-order valence-electron chi connectivity index (χ2n) is 2.73. The second-order valence-corrected chi connectivity index (χ2v) is 3.81. The highest BCUT2D eigenvalue weighted by molar-refractivity contribution is 14.1. The lowest BCUT2D eigenvalue weighted by Gasteiger charge is -2.05. The first-order valence-corrected chi connectivity index (χ1v) is 4.68. The van der Waals surface area contributed by atoms with Crippen LogP contribution < -0.4 is 10.5 Å². The number of phenolic OH excluding ortho intramolecular Hbond substituents is 1. The summed E-state index contributed by atoms with van der Waals surface area (Å²) in [4.78, 5) is 0. The van der Waals surface area contributed by atoms with Crippen molar-refractivity contribution in [1.82, 2.24) is 0 Å². The third kappa shape index (κ3) is 1.06. The van der Waals surface area contributed by atoms with Gasteiger partial charge in [0.25, 0.3) is 0 Å². The zero-order valence-corrected chi connectivity index (χ0v) is 8.41. The highest BCUT2D eigenvalue weighted by Gasteiger charge is 2.24. The van der Waals surface area contributed by atoms with E-state index in [0.717, 1.165) is 14.9 Å². The van der Waals surface area contributed by atoms with Crippen LogP contribution in [0.3, 0.4) is 0 Å². The first-order valence-electron chi connectivity index (χ1n) is 3.60. The topological polar surface area (TPSA) is 55.5 Å². The van der Waals surface area contributed by atoms with Crippen LogP contribution >= 0.6 is 22.6 Å². The number of nitrogens with two attached hydrogens (primary N) is 1. The van der Waals surface area contributed by atoms with Crippen LogP contribution in [-0.4, -0.2) is 11.7 Å². The summed E-state index contributed by atoms with van der Waals surface area (Å²) in [6, 6.07) is 3.28. The summed E-state index contributed by atoms with van der Waals surface area (Å²) in [6.07, 6.45) is 0. The van der Waals surface area contributed by atoms with Gasteiger partial charge in [-0.3, -0.25) is 0 Å². The van der Waals surface area contributed by atoms with Crippen molar-refractivity contribution in [3.05, 3.63) is 21.3 Å². The molecular formula is C8H8INO2. The number of hydrogen-bond acceptors (Lipinski definition) is 3. The van der Waals surface area contributed by atoms with Crippen LogP contribution in [0.4, 0.5) is 0 Å². The Kier molecular flexibility index (Phi) is 1.88. The van der Waals surface area contributed by atoms with Crippen molar-refractivity contribution in [1.29, 1.82) is 0 Å². The lowest BCUT2D eigenvalue weighted by Crippen LogP contribution is -2.11. The number of halogens is 1. The highest BCUT2D eigenvalue weighted by Crippen LogP contribution is 2.38. The Morgan fingerprint density at radius 2 is 2.33 bits per heavy atom. The average Bonchev–Trinajstić information content (AvgIpc) is 2.41. The van der Waals surface area contributed by atoms with Gasteiger partial charge in [-0.2, -0.15) is 0 Å². The van der Waals surface area contributed by atoms with Crippen molar-refractivity contribution in [2.24, 2.45) is 5.73 Å². The molecule has 4 heteroatoms. The molecule has 64 valence electrons. The van der Waals surface area contributed by atoms with Gasteiger partial charge in [0.05, 0.1) is 9.61 Å². The van der Waals surface area contributed by atoms with Crippen LogP contribution in [0.2, 0.25) is 0 Å². The molecule has 1 aromatic rings. The summed E-state index contributed by atoms with van der Waals surface area (Å²) < 4.78 is 6.11. The van der Waals surface area contributed by atoms with Crippen LogP contribution in [0.15, 0.2) is 12.1 Å². The smallest absolute Gasteiger partial charge is 0.129 e. The zero-order chi connectivity index (χ0) is 8.72. The molecule has 12 heavy (non-hydrogen) atoms. The number of hydrogen-bond donors (Lipinski definition) is 2. The largest absolute Gasteiger partial charge is 0.507 e. The molecule has 1 aliphatic heterocycles. The minimum absolute atomic E-state index is 0.0981. The van der Waals surface area contributed by atoms with E-state index in [4.69, 9.17) is 10.5 Å². The molecule has 1 aromatic carbocycles. The predicted octanol–water partition coefficient (Wildman–Crippen LogP) is 1.39. The first-order chi connectivity index (χ1) is 5.70. The van der Waals surface area contributed by atoms with Crippen molar-refractivity contribution in [2.45, 2.75) is 6.04 Å². The fraction of sp³-hybridized carbons (Fsp3) is 0.250. The van der Waals surface area contributed by atoms with Gasteiger partial charge in [0.15, 0.2) is 0 Å². The summed E-state index contributed by atoms with van der Waals surface area (Å²) >= 11 is 2.08. The molecule has 0 fully saturated rings. The molecule has 1 atom stereocenters. The molecule has 1 heterocycles. The first kappa shape index (κ1) is 8.12. The minimum atomic E-state index is -0.0981. The number of rotatable bonds is 0. The number of aromatic hydroxyl groups is 1. The molecule has 2 rings (SSSR count). The average molecular weight is 277 g/mol. The van der Waals surface area contributed by atoms with Crippen molar-refractivity contribution >= 4 is 22.6 Å². The molecular weight excluding hydrogens is 269 g/mol. The maximum atomic E-state index is 9.38. The lowest BCUT2D eigenvalue weighted by molar-refractivity contribution is 0.333. The molecule has 3 nitrogen and oxygen atoms in total. The maximum absolute atomic E-state index is 9.38. The van der Waals surface area contributed by atoms with Crippen LogP contribution in [0, 0.1) is 3.57 Å². The van der Waals surface area contributed by atoms with Crippen molar-refractivity contribution in [3.63, 3.8) is 0 Å². The zero-order valence-electron chi connectivity index (χ0n) is 6.25. The molecule has 0 radical (unpaired) electrons. The number of phenols is 1. The molecule has 3 N–H and O–H groups in total. The normalized spacial score (nSPS) is 20.3. The maximum Gasteiger partial charge on any atom is 0.129 e. The molecule has 0 aliphatic carbocycles. The Labute approximate surface area is 83.7 Å². The number of ether oxygens (including phenoxy) is 1. The van der Waals surface area contributed by atoms with E-state index in [0.29, 0.717) is 6.61 Å². The van der Waals surface area contributed by atoms with Gasteiger partial charge in [-0.05, 0) is 34.7 Å². The van der Waals surface area contributed by atoms with Gasteiger partial charge in [-0.15, -0.1) is 0 Å². The molecule has 1 aliphatic rings. The summed E-state index contributed by atoms with van der Waals surface area (Å²) in [7, 11) is 0. The van der Waals surface area contributed by atoms with E-state index in [2.05, 4.69) is 22.6 Å². The molecule has 0 spiro atoms. The number of benzene rings is 1. The number of fused-ring (bicyclic) bond motifs is 1. The summed E-state index contributed by atoms with van der Waals surface area (Å²) in [5, 5.41) is 9.38. The van der Waals surface area contributed by atoms with E-state index in [9.17, 15) is 5.11 Å². The van der Waals surface area contributed by atoms with Crippen LogP contribution in [0.25, 0.3) is 0 Å². The third-order valence-electron chi connectivity index (χ3n) is 1.91. The summed E-state index contributed by atoms with van der Waals surface area (Å²) in [6.45, 7) is 0.509. The van der Waals surface area contributed by atoms with E-state index in [1.54, 1.807) is 12.1 Å². The van der Waals surface area contributed by atoms with Crippen LogP contribution in [0.5, 0.6) is 11.5 Å². The van der Waals surface area contributed by atoms with Crippen molar-refractivity contribution in [3.8, 4) is 11.5 Å². The molecule has 0 bridgehead atoms. The quantitative estimate of drug-likeness (QED) is 0.704. The van der Waals surface area contributed by atoms with Crippen molar-refractivity contribution < 1.29 is 9.84 Å². The van der Waals surface area contributed by atoms with Gasteiger partial charge in [0.2, 0.25) is 0 Å². The Hall–Kier alpha value is -0.490. The van der Waals surface area contributed by atoms with Crippen LogP contribution in [-0.2, 0) is 0 Å². The Morgan fingerprint density at radius 1 is 1.58 bits per heavy atom. The van der Waals surface area contributed by atoms with Crippen molar-refractivity contribution in [2.75, 3.05) is 6.61 Å². The van der Waals surface area contributed by atoms with E-state index < -0.39 is 0 Å². The van der Waals surface area contributed by atoms with E-state index in [1.807, 2.05) is 0 Å².